The second-order valence-electron chi connectivity index (χ2n) is 9.96. The van der Waals surface area contributed by atoms with Crippen molar-refractivity contribution in [2.75, 3.05) is 42.9 Å². The molecule has 0 saturated heterocycles. The third-order valence-corrected chi connectivity index (χ3v) is 7.00. The van der Waals surface area contributed by atoms with Crippen LogP contribution in [0.15, 0.2) is 103 Å². The van der Waals surface area contributed by atoms with E-state index in [1.165, 1.54) is 6.08 Å². The average molecular weight is 527 g/mol. The number of aliphatic carboxylic acids is 1. The maximum Gasteiger partial charge on any atom is 0.333 e. The van der Waals surface area contributed by atoms with Crippen LogP contribution in [0.3, 0.4) is 0 Å². The highest BCUT2D eigenvalue weighted by Gasteiger charge is 2.20. The molecule has 0 saturated carbocycles. The van der Waals surface area contributed by atoms with Gasteiger partial charge in [0.1, 0.15) is 0 Å². The lowest BCUT2D eigenvalue weighted by atomic mass is 10.0. The molecule has 5 aromatic rings. The summed E-state index contributed by atoms with van der Waals surface area (Å²) < 4.78 is 0. The van der Waals surface area contributed by atoms with Gasteiger partial charge >= 0.3 is 5.97 Å². The lowest BCUT2D eigenvalue weighted by molar-refractivity contribution is -0.132. The first kappa shape index (κ1) is 26.3. The largest absolute Gasteiger partial charge is 0.486 e. The van der Waals surface area contributed by atoms with Crippen LogP contribution >= 0.6 is 0 Å². The molecular formula is C34H30N4O2. The molecule has 5 aromatic carbocycles. The predicted octanol–water partition coefficient (Wildman–Crippen LogP) is 7.94. The van der Waals surface area contributed by atoms with Crippen LogP contribution in [0.25, 0.3) is 32.5 Å². The zero-order chi connectivity index (χ0) is 28.4. The summed E-state index contributed by atoms with van der Waals surface area (Å²) in [6.45, 7) is 7.18. The van der Waals surface area contributed by atoms with Gasteiger partial charge in [0.15, 0.2) is 0 Å². The number of carboxylic acid groups (broad SMARTS) is 1. The Balaban J connectivity index is 1.79. The van der Waals surface area contributed by atoms with Crippen LogP contribution in [0.2, 0.25) is 0 Å². The van der Waals surface area contributed by atoms with E-state index in [-0.39, 0.29) is 5.70 Å². The van der Waals surface area contributed by atoms with Crippen LogP contribution in [0.4, 0.5) is 28.4 Å². The molecule has 6 heteroatoms. The summed E-state index contributed by atoms with van der Waals surface area (Å²) in [5, 5.41) is 13.8. The first-order valence-corrected chi connectivity index (χ1v) is 12.9. The standard InChI is InChI=1S/C34H30N4O2/c1-35-29(34(39)40)22-23-14-16-24(17-15-23)38(32-20-18-30(36(2)3)25-10-6-8-12-27(25)32)33-21-19-31(37(4)5)26-11-7-9-13-28(26)33/h6-22H,2-5H3,(H,39,40). The van der Waals surface area contributed by atoms with E-state index in [0.29, 0.717) is 5.56 Å². The summed E-state index contributed by atoms with van der Waals surface area (Å²) in [5.41, 5.74) is 5.57. The van der Waals surface area contributed by atoms with Crippen LogP contribution in [-0.4, -0.2) is 39.3 Å². The van der Waals surface area contributed by atoms with Gasteiger partial charge in [0.05, 0.1) is 17.9 Å². The molecule has 0 spiro atoms. The number of benzene rings is 5. The van der Waals surface area contributed by atoms with E-state index >= 15 is 0 Å². The van der Waals surface area contributed by atoms with E-state index < -0.39 is 5.97 Å². The molecule has 0 aromatic heterocycles. The fraction of sp³-hybridized carbons (Fsp3) is 0.118. The van der Waals surface area contributed by atoms with Gasteiger partial charge < -0.3 is 19.8 Å². The Labute approximate surface area is 234 Å². The van der Waals surface area contributed by atoms with Gasteiger partial charge in [-0.15, -0.1) is 0 Å². The van der Waals surface area contributed by atoms with Crippen molar-refractivity contribution in [3.63, 3.8) is 0 Å². The van der Waals surface area contributed by atoms with E-state index in [1.54, 1.807) is 0 Å². The molecule has 0 unspecified atom stereocenters. The van der Waals surface area contributed by atoms with Crippen molar-refractivity contribution in [2.45, 2.75) is 0 Å². The first-order chi connectivity index (χ1) is 19.3. The third-order valence-electron chi connectivity index (χ3n) is 7.00. The molecule has 40 heavy (non-hydrogen) atoms. The molecule has 1 N–H and O–H groups in total. The fourth-order valence-electron chi connectivity index (χ4n) is 5.13. The molecule has 0 fully saturated rings. The number of nitrogens with zero attached hydrogens (tertiary/aromatic N) is 4. The Kier molecular flexibility index (Phi) is 7.13. The van der Waals surface area contributed by atoms with Crippen molar-refractivity contribution in [3.8, 4) is 0 Å². The van der Waals surface area contributed by atoms with E-state index in [2.05, 4.69) is 92.3 Å². The van der Waals surface area contributed by atoms with Crippen LogP contribution in [0.1, 0.15) is 5.56 Å². The highest BCUT2D eigenvalue weighted by molar-refractivity contribution is 6.10. The summed E-state index contributed by atoms with van der Waals surface area (Å²) >= 11 is 0. The maximum absolute atomic E-state index is 11.4. The molecule has 0 amide bonds. The van der Waals surface area contributed by atoms with Gasteiger partial charge in [-0.1, -0.05) is 60.7 Å². The van der Waals surface area contributed by atoms with Crippen molar-refractivity contribution in [1.29, 1.82) is 0 Å². The number of carbonyl (C=O) groups is 1. The monoisotopic (exact) mass is 526 g/mol. The Morgan fingerprint density at radius 3 is 1.43 bits per heavy atom. The van der Waals surface area contributed by atoms with E-state index in [9.17, 15) is 9.90 Å². The zero-order valence-electron chi connectivity index (χ0n) is 23.0. The van der Waals surface area contributed by atoms with Crippen molar-refractivity contribution < 1.29 is 9.90 Å². The molecule has 6 nitrogen and oxygen atoms in total. The van der Waals surface area contributed by atoms with Gasteiger partial charge in [0, 0.05) is 66.8 Å². The Morgan fingerprint density at radius 2 is 1.05 bits per heavy atom. The first-order valence-electron chi connectivity index (χ1n) is 12.9. The summed E-state index contributed by atoms with van der Waals surface area (Å²) in [6.07, 6.45) is 1.39. The molecular weight excluding hydrogens is 496 g/mol. The molecule has 0 aliphatic rings. The average Bonchev–Trinajstić information content (AvgIpc) is 2.96. The van der Waals surface area contributed by atoms with Crippen molar-refractivity contribution in [2.24, 2.45) is 0 Å². The number of rotatable bonds is 7. The zero-order valence-corrected chi connectivity index (χ0v) is 23.0. The minimum atomic E-state index is -1.24. The molecule has 198 valence electrons. The lowest BCUT2D eigenvalue weighted by Crippen LogP contribution is -2.14. The van der Waals surface area contributed by atoms with Crippen molar-refractivity contribution >= 4 is 62.0 Å². The number of hydrogen-bond donors (Lipinski definition) is 1. The number of fused-ring (bicyclic) bond motifs is 2. The minimum Gasteiger partial charge on any atom is -0.486 e. The van der Waals surface area contributed by atoms with Crippen molar-refractivity contribution in [3.05, 3.63) is 120 Å². The Morgan fingerprint density at radius 1 is 0.650 bits per heavy atom. The number of hydrogen-bond acceptors (Lipinski definition) is 4. The summed E-state index contributed by atoms with van der Waals surface area (Å²) in [6, 6.07) is 33.1. The molecule has 0 atom stereocenters. The smallest absolute Gasteiger partial charge is 0.333 e. The molecule has 0 bridgehead atoms. The molecule has 0 aliphatic heterocycles. The second-order valence-corrected chi connectivity index (χ2v) is 9.96. The van der Waals surface area contributed by atoms with Gasteiger partial charge in [-0.2, -0.15) is 0 Å². The van der Waals surface area contributed by atoms with Gasteiger partial charge in [-0.05, 0) is 48.0 Å². The quantitative estimate of drug-likeness (QED) is 0.172. The van der Waals surface area contributed by atoms with Gasteiger partial charge in [0.2, 0.25) is 0 Å². The van der Waals surface area contributed by atoms with Crippen molar-refractivity contribution in [1.82, 2.24) is 0 Å². The van der Waals surface area contributed by atoms with E-state index in [4.69, 9.17) is 6.57 Å². The van der Waals surface area contributed by atoms with Gasteiger partial charge in [0.25, 0.3) is 5.70 Å². The summed E-state index contributed by atoms with van der Waals surface area (Å²) in [7, 11) is 8.20. The summed E-state index contributed by atoms with van der Waals surface area (Å²) in [5.74, 6) is -1.24. The van der Waals surface area contributed by atoms with Crippen LogP contribution in [-0.2, 0) is 4.79 Å². The molecule has 5 rings (SSSR count). The highest BCUT2D eigenvalue weighted by atomic mass is 16.4. The van der Waals surface area contributed by atoms with E-state index in [1.807, 2.05) is 52.5 Å². The van der Waals surface area contributed by atoms with Crippen LogP contribution < -0.4 is 14.7 Å². The third kappa shape index (κ3) is 4.81. The second kappa shape index (κ2) is 10.8. The van der Waals surface area contributed by atoms with Crippen LogP contribution in [0, 0.1) is 6.57 Å². The van der Waals surface area contributed by atoms with E-state index in [0.717, 1.165) is 50.0 Å². The number of carboxylic acids is 1. The maximum atomic E-state index is 11.4. The van der Waals surface area contributed by atoms with Gasteiger partial charge in [-0.3, -0.25) is 4.79 Å². The Hall–Kier alpha value is -5.28. The lowest BCUT2D eigenvalue weighted by Gasteiger charge is -2.30. The Bertz CT molecular complexity index is 1710. The predicted molar refractivity (Wildman–Crippen MR) is 167 cm³/mol. The summed E-state index contributed by atoms with van der Waals surface area (Å²) in [4.78, 5) is 21.0. The number of anilines is 5. The SMILES string of the molecule is [C-]#[N+]C(=Cc1ccc(N(c2ccc(N(C)C)c3ccccc23)c2ccc(N(C)C)c3ccccc23)cc1)C(=O)O. The van der Waals surface area contributed by atoms with Gasteiger partial charge in [-0.25, -0.2) is 4.85 Å². The fourth-order valence-corrected chi connectivity index (χ4v) is 5.13. The molecule has 0 aliphatic carbocycles. The van der Waals surface area contributed by atoms with Crippen LogP contribution in [0.5, 0.6) is 0 Å². The minimum absolute atomic E-state index is 0.319. The highest BCUT2D eigenvalue weighted by Crippen LogP contribution is 2.45. The normalized spacial score (nSPS) is 11.3. The topological polar surface area (TPSA) is 51.4 Å². The molecule has 0 radical (unpaired) electrons. The molecule has 0 heterocycles.